The maximum absolute atomic E-state index is 12.7. The molecule has 0 unspecified atom stereocenters. The first-order valence-corrected chi connectivity index (χ1v) is 12.0. The number of thiocarbonyl (C=S) groups is 1. The van der Waals surface area contributed by atoms with Crippen molar-refractivity contribution in [1.29, 1.82) is 0 Å². The highest BCUT2D eigenvalue weighted by Gasteiger charge is 2.18. The summed E-state index contributed by atoms with van der Waals surface area (Å²) >= 11 is 5.22. The summed E-state index contributed by atoms with van der Waals surface area (Å²) in [6.07, 6.45) is 2.72. The van der Waals surface area contributed by atoms with Crippen molar-refractivity contribution in [3.63, 3.8) is 0 Å². The van der Waals surface area contributed by atoms with Crippen LogP contribution in [0.5, 0.6) is 11.6 Å². The van der Waals surface area contributed by atoms with Gasteiger partial charge in [-0.15, -0.1) is 0 Å². The van der Waals surface area contributed by atoms with Gasteiger partial charge >= 0.3 is 0 Å². The fourth-order valence-electron chi connectivity index (χ4n) is 2.80. The van der Waals surface area contributed by atoms with Gasteiger partial charge in [0.05, 0.1) is 24.2 Å². The number of anilines is 2. The summed E-state index contributed by atoms with van der Waals surface area (Å²) in [5.41, 5.74) is 0.774. The average Bonchev–Trinajstić information content (AvgIpc) is 2.85. The number of nitrogens with one attached hydrogen (secondary N) is 3. The van der Waals surface area contributed by atoms with Gasteiger partial charge in [0.2, 0.25) is 5.82 Å². The fraction of sp³-hybridized carbons (Fsp3) is 0.182. The van der Waals surface area contributed by atoms with E-state index in [0.717, 1.165) is 0 Å². The summed E-state index contributed by atoms with van der Waals surface area (Å²) < 4.78 is 43.2. The number of carbonyl (C=O) groups is 1. The zero-order valence-corrected chi connectivity index (χ0v) is 20.5. The van der Waals surface area contributed by atoms with Gasteiger partial charge in [0.25, 0.3) is 21.8 Å². The van der Waals surface area contributed by atoms with Gasteiger partial charge in [0.15, 0.2) is 5.11 Å². The molecule has 11 nitrogen and oxygen atoms in total. The molecule has 13 heteroatoms. The molecule has 0 aliphatic heterocycles. The molecule has 0 saturated heterocycles. The van der Waals surface area contributed by atoms with Gasteiger partial charge in [-0.2, -0.15) is 0 Å². The van der Waals surface area contributed by atoms with Crippen LogP contribution in [0.3, 0.4) is 0 Å². The van der Waals surface area contributed by atoms with Crippen molar-refractivity contribution in [2.24, 2.45) is 0 Å². The third-order valence-corrected chi connectivity index (χ3v) is 5.97. The Morgan fingerprint density at radius 2 is 1.71 bits per heavy atom. The number of methoxy groups -OCH3 is 2. The molecule has 3 aromatic rings. The number of hydrogen-bond donors (Lipinski definition) is 3. The molecule has 0 spiro atoms. The first kappa shape index (κ1) is 25.8. The van der Waals surface area contributed by atoms with E-state index in [9.17, 15) is 13.2 Å². The first-order chi connectivity index (χ1) is 16.8. The minimum atomic E-state index is -3.95. The minimum absolute atomic E-state index is 0.0205. The number of sulfonamides is 1. The molecule has 0 bridgehead atoms. The second-order valence-corrected chi connectivity index (χ2v) is 8.88. The third-order valence-electron chi connectivity index (χ3n) is 4.42. The van der Waals surface area contributed by atoms with Crippen LogP contribution in [0.15, 0.2) is 65.8 Å². The fourth-order valence-corrected chi connectivity index (χ4v) is 4.01. The molecule has 2 aromatic carbocycles. The number of para-hydroxylation sites is 1. The Labute approximate surface area is 207 Å². The Hall–Kier alpha value is -3.81. The monoisotopic (exact) mass is 517 g/mol. The Kier molecular flexibility index (Phi) is 8.89. The first-order valence-electron chi connectivity index (χ1n) is 10.1. The Bertz CT molecular complexity index is 1290. The van der Waals surface area contributed by atoms with Crippen molar-refractivity contribution in [2.45, 2.75) is 4.90 Å². The highest BCUT2D eigenvalue weighted by Crippen LogP contribution is 2.22. The van der Waals surface area contributed by atoms with Crippen molar-refractivity contribution < 1.29 is 27.4 Å². The van der Waals surface area contributed by atoms with Crippen LogP contribution in [0.4, 0.5) is 11.5 Å². The Morgan fingerprint density at radius 3 is 2.43 bits per heavy atom. The highest BCUT2D eigenvalue weighted by atomic mass is 32.2. The summed E-state index contributed by atoms with van der Waals surface area (Å²) in [4.78, 5) is 20.5. The van der Waals surface area contributed by atoms with Gasteiger partial charge in [-0.05, 0) is 48.6 Å². The minimum Gasteiger partial charge on any atom is -0.490 e. The molecular formula is C22H23N5O6S2. The molecule has 1 aromatic heterocycles. The van der Waals surface area contributed by atoms with Gasteiger partial charge in [-0.3, -0.25) is 14.8 Å². The standard InChI is InChI=1S/C22H23N5O6S2/c1-31-13-14-33-18-6-4-3-5-17(18)20(28)26-22(34)25-15-7-9-16(10-8-15)35(29,30)27-19-21(32-2)24-12-11-23-19/h3-12H,13-14H2,1-2H3,(H,23,27)(H2,25,26,28,34). The van der Waals surface area contributed by atoms with E-state index in [4.69, 9.17) is 26.4 Å². The maximum Gasteiger partial charge on any atom is 0.263 e. The van der Waals surface area contributed by atoms with E-state index in [-0.39, 0.29) is 28.3 Å². The zero-order chi connectivity index (χ0) is 25.3. The van der Waals surface area contributed by atoms with Crippen LogP contribution in [0.25, 0.3) is 0 Å². The molecule has 1 heterocycles. The van der Waals surface area contributed by atoms with Gasteiger partial charge in [0, 0.05) is 25.2 Å². The van der Waals surface area contributed by atoms with E-state index in [1.807, 2.05) is 0 Å². The Morgan fingerprint density at radius 1 is 1.00 bits per heavy atom. The number of hydrogen-bond acceptors (Lipinski definition) is 9. The van der Waals surface area contributed by atoms with Crippen LogP contribution in [0.1, 0.15) is 10.4 Å². The van der Waals surface area contributed by atoms with Crippen molar-refractivity contribution in [3.8, 4) is 11.6 Å². The van der Waals surface area contributed by atoms with Crippen LogP contribution >= 0.6 is 12.2 Å². The lowest BCUT2D eigenvalue weighted by Gasteiger charge is -2.13. The third kappa shape index (κ3) is 7.09. The molecular weight excluding hydrogens is 494 g/mol. The van der Waals surface area contributed by atoms with E-state index in [1.54, 1.807) is 31.4 Å². The van der Waals surface area contributed by atoms with E-state index in [2.05, 4.69) is 25.3 Å². The summed E-state index contributed by atoms with van der Waals surface area (Å²) in [7, 11) is -1.03. The second kappa shape index (κ2) is 12.1. The lowest BCUT2D eigenvalue weighted by molar-refractivity contribution is 0.0970. The molecule has 0 saturated carbocycles. The molecule has 184 valence electrons. The highest BCUT2D eigenvalue weighted by molar-refractivity contribution is 7.92. The van der Waals surface area contributed by atoms with Crippen molar-refractivity contribution in [2.75, 3.05) is 37.5 Å². The maximum atomic E-state index is 12.7. The number of aromatic nitrogens is 2. The zero-order valence-electron chi connectivity index (χ0n) is 18.8. The topological polar surface area (TPSA) is 141 Å². The van der Waals surface area contributed by atoms with Crippen molar-refractivity contribution in [3.05, 3.63) is 66.5 Å². The van der Waals surface area contributed by atoms with Crippen molar-refractivity contribution in [1.82, 2.24) is 15.3 Å². The van der Waals surface area contributed by atoms with E-state index >= 15 is 0 Å². The van der Waals surface area contributed by atoms with Crippen molar-refractivity contribution >= 4 is 44.8 Å². The number of ether oxygens (including phenoxy) is 3. The summed E-state index contributed by atoms with van der Waals surface area (Å²) in [5.74, 6) is -0.0582. The van der Waals surface area contributed by atoms with E-state index in [1.165, 1.54) is 43.8 Å². The molecule has 0 fully saturated rings. The molecule has 35 heavy (non-hydrogen) atoms. The SMILES string of the molecule is COCCOc1ccccc1C(=O)NC(=S)Nc1ccc(S(=O)(=O)Nc2nccnc2OC)cc1. The van der Waals surface area contributed by atoms with E-state index < -0.39 is 15.9 Å². The van der Waals surface area contributed by atoms with Crippen LogP contribution in [-0.4, -0.2) is 56.8 Å². The molecule has 0 radical (unpaired) electrons. The smallest absolute Gasteiger partial charge is 0.263 e. The summed E-state index contributed by atoms with van der Waals surface area (Å²) in [5, 5.41) is 5.45. The number of rotatable bonds is 10. The van der Waals surface area contributed by atoms with Crippen LogP contribution in [-0.2, 0) is 14.8 Å². The van der Waals surface area contributed by atoms with E-state index in [0.29, 0.717) is 23.6 Å². The van der Waals surface area contributed by atoms with Gasteiger partial charge < -0.3 is 19.5 Å². The lowest BCUT2D eigenvalue weighted by atomic mass is 10.2. The van der Waals surface area contributed by atoms with Gasteiger partial charge in [0.1, 0.15) is 12.4 Å². The largest absolute Gasteiger partial charge is 0.490 e. The van der Waals surface area contributed by atoms with Gasteiger partial charge in [-0.1, -0.05) is 12.1 Å². The normalized spacial score (nSPS) is 10.8. The molecule has 3 N–H and O–H groups in total. The Balaban J connectivity index is 1.63. The molecule has 0 atom stereocenters. The molecule has 0 aliphatic rings. The number of nitrogens with zero attached hydrogens (tertiary/aromatic N) is 2. The predicted octanol–water partition coefficient (Wildman–Crippen LogP) is 2.44. The average molecular weight is 518 g/mol. The summed E-state index contributed by atoms with van der Waals surface area (Å²) in [6, 6.07) is 12.5. The lowest BCUT2D eigenvalue weighted by Crippen LogP contribution is -2.34. The second-order valence-electron chi connectivity index (χ2n) is 6.79. The van der Waals surface area contributed by atoms with Crippen LogP contribution in [0.2, 0.25) is 0 Å². The molecule has 1 amide bonds. The number of amides is 1. The summed E-state index contributed by atoms with van der Waals surface area (Å²) in [6.45, 7) is 0.667. The van der Waals surface area contributed by atoms with Crippen LogP contribution in [0, 0.1) is 0 Å². The van der Waals surface area contributed by atoms with Crippen LogP contribution < -0.4 is 24.8 Å². The number of carbonyl (C=O) groups excluding carboxylic acids is 1. The molecule has 3 rings (SSSR count). The van der Waals surface area contributed by atoms with Gasteiger partial charge in [-0.25, -0.2) is 18.4 Å². The predicted molar refractivity (Wildman–Crippen MR) is 133 cm³/mol. The number of benzene rings is 2. The molecule has 0 aliphatic carbocycles. The quantitative estimate of drug-likeness (QED) is 0.271.